The summed E-state index contributed by atoms with van der Waals surface area (Å²) in [5, 5.41) is 81.3. The lowest BCUT2D eigenvalue weighted by molar-refractivity contribution is -0.145. The number of phenolic OH excluding ortho intramolecular Hbond substituents is 1. The lowest BCUT2D eigenvalue weighted by atomic mass is 9.96. The third kappa shape index (κ3) is 21.7. The largest absolute Gasteiger partial charge is 0.508 e. The van der Waals surface area contributed by atoms with Crippen molar-refractivity contribution in [3.8, 4) is 5.75 Å². The van der Waals surface area contributed by atoms with Crippen molar-refractivity contribution >= 4 is 76.9 Å². The number of nitrogens with two attached hydrogens (primary N) is 1. The number of benzene rings is 1. The van der Waals surface area contributed by atoms with Crippen LogP contribution in [0, 0.1) is 17.8 Å². The number of carboxylic acids is 2. The molecule has 2 aliphatic rings. The topological polar surface area (TPSA) is 484 Å². The highest BCUT2D eigenvalue weighted by Crippen LogP contribution is 2.24. The van der Waals surface area contributed by atoms with E-state index in [1.165, 1.54) is 36.1 Å². The lowest BCUT2D eigenvalue weighted by Gasteiger charge is -2.32. The van der Waals surface area contributed by atoms with Crippen LogP contribution in [0.25, 0.3) is 0 Å². The van der Waals surface area contributed by atoms with Crippen molar-refractivity contribution in [2.24, 2.45) is 23.5 Å². The fourth-order valence-corrected chi connectivity index (χ4v) is 9.58. The van der Waals surface area contributed by atoms with Crippen LogP contribution in [0.3, 0.4) is 0 Å². The Morgan fingerprint density at radius 2 is 1.08 bits per heavy atom. The van der Waals surface area contributed by atoms with Gasteiger partial charge < -0.3 is 94.0 Å². The number of amides is 11. The summed E-state index contributed by atoms with van der Waals surface area (Å²) in [7, 11) is 0. The van der Waals surface area contributed by atoms with Gasteiger partial charge in [0.05, 0.1) is 31.4 Å². The average Bonchev–Trinajstić information content (AvgIpc) is 2.26. The Labute approximate surface area is 503 Å². The first-order valence-electron chi connectivity index (χ1n) is 29.0. The van der Waals surface area contributed by atoms with E-state index in [2.05, 4.69) is 47.9 Å². The van der Waals surface area contributed by atoms with Gasteiger partial charge in [0.2, 0.25) is 65.0 Å². The van der Waals surface area contributed by atoms with Crippen LogP contribution < -0.4 is 53.6 Å². The number of aliphatic hydroxyl groups excluding tert-OH is 3. The number of hydrogen-bond donors (Lipinski definition) is 16. The monoisotopic (exact) mass is 1230 g/mol. The number of nitrogens with one attached hydrogen (secondary N) is 9. The fourth-order valence-electron chi connectivity index (χ4n) is 9.58. The Hall–Kier alpha value is -8.03. The molecule has 87 heavy (non-hydrogen) atoms. The number of phenols is 1. The van der Waals surface area contributed by atoms with E-state index in [1.54, 1.807) is 41.5 Å². The highest BCUT2D eigenvalue weighted by atomic mass is 16.4. The fraction of sp³-hybridized carbons (Fsp3) is 0.661. The Morgan fingerprint density at radius 1 is 0.575 bits per heavy atom. The predicted molar refractivity (Wildman–Crippen MR) is 307 cm³/mol. The number of carbonyl (C=O) groups is 13. The molecular weight excluding hydrogens is 1140 g/mol. The molecule has 3 rings (SSSR count). The van der Waals surface area contributed by atoms with Gasteiger partial charge in [0, 0.05) is 25.9 Å². The van der Waals surface area contributed by atoms with E-state index >= 15 is 0 Å². The van der Waals surface area contributed by atoms with Crippen LogP contribution in [0.1, 0.15) is 113 Å². The maximum absolute atomic E-state index is 14.7. The third-order valence-electron chi connectivity index (χ3n) is 15.1. The van der Waals surface area contributed by atoms with Gasteiger partial charge in [-0.1, -0.05) is 60.1 Å². The summed E-state index contributed by atoms with van der Waals surface area (Å²) in [6.45, 7) is 11.8. The molecule has 0 spiro atoms. The standard InChI is InChI=1S/C56H88N12O19/c1-10-28(6)43(52(82)65-44(30(8)70)53(83)59-29(7)46(76)66-45(31(9)71)56(86)87)64-47(77)34(19-20-40(74)75)61-51(81)42(27(4)5)63-49(79)38-14-12-21-67(38)54(84)35(23-32-15-17-33(72)18-16-32)62-48(78)37-13-11-22-68(37)55(85)36(25-69)60-39(73)24-58-50(80)41(57)26(2)3/h15-18,26-31,34-38,41-45,69-72H,10-14,19-25,57H2,1-9H3,(H,58,80)(H,59,83)(H,60,73)(H,61,81)(H,62,78)(H,63,79)(H,64,77)(H,65,82)(H,66,76)(H,74,75)(H,86,87)/t28-,29-,30+,31+,34-,35-,36-,37-,38-,41-,42-,43-,44-,45-/m0/s1. The summed E-state index contributed by atoms with van der Waals surface area (Å²) in [6.07, 6.45) is -3.48. The molecule has 2 saturated heterocycles. The second-order valence-corrected chi connectivity index (χ2v) is 22.7. The van der Waals surface area contributed by atoms with Crippen LogP contribution in [0.5, 0.6) is 5.75 Å². The second kappa shape index (κ2) is 34.3. The van der Waals surface area contributed by atoms with Crippen LogP contribution in [0.15, 0.2) is 24.3 Å². The number of aliphatic hydroxyl groups is 3. The van der Waals surface area contributed by atoms with Crippen molar-refractivity contribution in [2.45, 2.75) is 192 Å². The first kappa shape index (κ1) is 73.2. The molecule has 0 aliphatic carbocycles. The SMILES string of the molecule is CC[C@H](C)[C@H](NC(=O)[C@H](CCC(=O)O)NC(=O)[C@@H](NC(=O)[C@@H]1CCCN1C(=O)[C@H](Cc1ccc(O)cc1)NC(=O)[C@@H]1CCCN1C(=O)[C@H](CO)NC(=O)CNC(=O)[C@@H](N)C(C)C)C(C)C)C(=O)N[C@H](C(=O)N[C@@H](C)C(=O)N[C@H](C(=O)O)[C@@H](C)O)[C@@H](C)O. The highest BCUT2D eigenvalue weighted by molar-refractivity contribution is 5.99. The van der Waals surface area contributed by atoms with Gasteiger partial charge in [-0.25, -0.2) is 4.79 Å². The smallest absolute Gasteiger partial charge is 0.328 e. The number of hydrogen-bond acceptors (Lipinski definition) is 18. The Kier molecular flexibility index (Phi) is 28.9. The maximum Gasteiger partial charge on any atom is 0.328 e. The number of aliphatic carboxylic acids is 2. The molecule has 0 unspecified atom stereocenters. The van der Waals surface area contributed by atoms with Crippen LogP contribution in [-0.2, 0) is 68.7 Å². The molecule has 31 nitrogen and oxygen atoms in total. The first-order valence-corrected chi connectivity index (χ1v) is 29.0. The minimum Gasteiger partial charge on any atom is -0.508 e. The van der Waals surface area contributed by atoms with Gasteiger partial charge in [-0.05, 0) is 88.3 Å². The maximum atomic E-state index is 14.7. The molecule has 0 aromatic heterocycles. The van der Waals surface area contributed by atoms with Crippen LogP contribution in [0.4, 0.5) is 0 Å². The number of rotatable bonds is 33. The van der Waals surface area contributed by atoms with Gasteiger partial charge in [0.25, 0.3) is 0 Å². The summed E-state index contributed by atoms with van der Waals surface area (Å²) >= 11 is 0. The van der Waals surface area contributed by atoms with Gasteiger partial charge in [-0.15, -0.1) is 0 Å². The van der Waals surface area contributed by atoms with Gasteiger partial charge in [0.1, 0.15) is 60.1 Å². The highest BCUT2D eigenvalue weighted by Gasteiger charge is 2.44. The minimum atomic E-state index is -1.77. The summed E-state index contributed by atoms with van der Waals surface area (Å²) in [5.74, 6) is -14.5. The zero-order valence-electron chi connectivity index (χ0n) is 50.5. The Bertz CT molecular complexity index is 2620. The normalized spacial score (nSPS) is 19.0. The van der Waals surface area contributed by atoms with E-state index < -0.39 is 193 Å². The van der Waals surface area contributed by atoms with Crippen LogP contribution in [0.2, 0.25) is 0 Å². The minimum absolute atomic E-state index is 0.00819. The first-order chi connectivity index (χ1) is 40.7. The van der Waals surface area contributed by atoms with Crippen molar-refractivity contribution in [1.29, 1.82) is 0 Å². The van der Waals surface area contributed by atoms with Crippen LogP contribution >= 0.6 is 0 Å². The van der Waals surface area contributed by atoms with Crippen molar-refractivity contribution in [1.82, 2.24) is 57.7 Å². The average molecular weight is 1230 g/mol. The third-order valence-corrected chi connectivity index (χ3v) is 15.1. The molecule has 14 atom stereocenters. The van der Waals surface area contributed by atoms with Crippen molar-refractivity contribution in [3.63, 3.8) is 0 Å². The molecule has 31 heteroatoms. The van der Waals surface area contributed by atoms with Crippen LogP contribution in [-0.4, -0.2) is 222 Å². The van der Waals surface area contributed by atoms with Gasteiger partial charge in [-0.2, -0.15) is 0 Å². The lowest BCUT2D eigenvalue weighted by Crippen LogP contribution is -2.62. The Morgan fingerprint density at radius 3 is 1.57 bits per heavy atom. The molecule has 1 aromatic rings. The number of nitrogens with zero attached hydrogens (tertiary/aromatic N) is 2. The quantitative estimate of drug-likeness (QED) is 0.0314. The molecule has 0 saturated carbocycles. The number of likely N-dealkylation sites (tertiary alicyclic amines) is 2. The van der Waals surface area contributed by atoms with E-state index in [1.807, 2.05) is 0 Å². The molecular formula is C56H88N12O19. The summed E-state index contributed by atoms with van der Waals surface area (Å²) in [4.78, 5) is 176. The molecule has 0 bridgehead atoms. The van der Waals surface area contributed by atoms with Crippen molar-refractivity contribution in [3.05, 3.63) is 29.8 Å². The van der Waals surface area contributed by atoms with E-state index in [0.29, 0.717) is 12.0 Å². The molecule has 1 aromatic carbocycles. The van der Waals surface area contributed by atoms with Crippen molar-refractivity contribution in [2.75, 3.05) is 26.2 Å². The van der Waals surface area contributed by atoms with E-state index in [9.17, 15) is 93.0 Å². The predicted octanol–water partition coefficient (Wildman–Crippen LogP) is -4.68. The summed E-state index contributed by atoms with van der Waals surface area (Å²) in [6, 6.07) is -10.1. The molecule has 11 amide bonds. The number of carboxylic acid groups (broad SMARTS) is 2. The van der Waals surface area contributed by atoms with Crippen molar-refractivity contribution < 1.29 is 93.0 Å². The second-order valence-electron chi connectivity index (χ2n) is 22.7. The molecule has 17 N–H and O–H groups in total. The molecule has 2 heterocycles. The van der Waals surface area contributed by atoms with E-state index in [-0.39, 0.29) is 56.9 Å². The molecule has 486 valence electrons. The number of carbonyl (C=O) groups excluding carboxylic acids is 11. The zero-order valence-corrected chi connectivity index (χ0v) is 50.5. The summed E-state index contributed by atoms with van der Waals surface area (Å²) in [5.41, 5.74) is 6.31. The molecule has 2 fully saturated rings. The number of aromatic hydroxyl groups is 1. The summed E-state index contributed by atoms with van der Waals surface area (Å²) < 4.78 is 0. The van der Waals surface area contributed by atoms with Gasteiger partial charge in [-0.3, -0.25) is 57.5 Å². The Balaban J connectivity index is 1.84. The van der Waals surface area contributed by atoms with E-state index in [0.717, 1.165) is 18.7 Å². The van der Waals surface area contributed by atoms with Gasteiger partial charge >= 0.3 is 11.9 Å². The molecule has 0 radical (unpaired) electrons. The van der Waals surface area contributed by atoms with Gasteiger partial charge in [0.15, 0.2) is 6.04 Å². The van der Waals surface area contributed by atoms with E-state index in [4.69, 9.17) is 5.73 Å². The molecule has 2 aliphatic heterocycles. The zero-order chi connectivity index (χ0) is 65.7.